The van der Waals surface area contributed by atoms with E-state index < -0.39 is 0 Å². The lowest BCUT2D eigenvalue weighted by molar-refractivity contribution is -0.130. The average Bonchev–Trinajstić information content (AvgIpc) is 3.25. The van der Waals surface area contributed by atoms with Gasteiger partial charge in [-0.15, -0.1) is 0 Å². The average molecular weight is 382 g/mol. The van der Waals surface area contributed by atoms with Crippen molar-refractivity contribution < 1.29 is 9.21 Å². The molecule has 1 amide bonds. The first-order chi connectivity index (χ1) is 13.7. The van der Waals surface area contributed by atoms with Crippen LogP contribution in [0.15, 0.2) is 53.3 Å². The lowest BCUT2D eigenvalue weighted by Crippen LogP contribution is -2.36. The van der Waals surface area contributed by atoms with Crippen molar-refractivity contribution >= 4 is 12.0 Å². The van der Waals surface area contributed by atoms with Crippen molar-refractivity contribution in [1.82, 2.24) is 14.8 Å². The van der Waals surface area contributed by atoms with E-state index in [1.807, 2.05) is 48.4 Å². The molecule has 150 valence electrons. The summed E-state index contributed by atoms with van der Waals surface area (Å²) in [6, 6.07) is 9.78. The van der Waals surface area contributed by atoms with Gasteiger partial charge in [0.25, 0.3) is 0 Å². The minimum Gasteiger partial charge on any atom is -0.465 e. The second kappa shape index (κ2) is 10.8. The minimum atomic E-state index is 0.241. The van der Waals surface area contributed by atoms with E-state index in [1.165, 1.54) is 12.8 Å². The van der Waals surface area contributed by atoms with Crippen LogP contribution in [0.2, 0.25) is 0 Å². The van der Waals surface area contributed by atoms with E-state index in [4.69, 9.17) is 4.42 Å². The second-order valence-electron chi connectivity index (χ2n) is 7.61. The van der Waals surface area contributed by atoms with Crippen LogP contribution in [-0.4, -0.2) is 53.9 Å². The molecule has 1 aliphatic heterocycles. The van der Waals surface area contributed by atoms with Gasteiger partial charge in [0.15, 0.2) is 0 Å². The van der Waals surface area contributed by atoms with Gasteiger partial charge in [-0.2, -0.15) is 0 Å². The van der Waals surface area contributed by atoms with Gasteiger partial charge in [0.05, 0.1) is 6.26 Å². The van der Waals surface area contributed by atoms with Crippen molar-refractivity contribution in [3.8, 4) is 0 Å². The Balaban J connectivity index is 1.35. The number of hydrogen-bond donors (Lipinski definition) is 0. The SMILES string of the molecule is CN(CCc1ccccn1)C(=O)CCC1CCCN(CC=Cc2ccco2)C1. The molecular weight excluding hydrogens is 350 g/mol. The molecule has 0 bridgehead atoms. The quantitative estimate of drug-likeness (QED) is 0.661. The van der Waals surface area contributed by atoms with Crippen molar-refractivity contribution in [2.24, 2.45) is 5.92 Å². The minimum absolute atomic E-state index is 0.241. The summed E-state index contributed by atoms with van der Waals surface area (Å²) in [5.41, 5.74) is 1.03. The molecule has 1 atom stereocenters. The van der Waals surface area contributed by atoms with Crippen LogP contribution in [0.5, 0.6) is 0 Å². The lowest BCUT2D eigenvalue weighted by Gasteiger charge is -2.32. The van der Waals surface area contributed by atoms with Gasteiger partial charge in [-0.3, -0.25) is 14.7 Å². The fourth-order valence-electron chi connectivity index (χ4n) is 3.73. The molecule has 0 N–H and O–H groups in total. The Morgan fingerprint density at radius 3 is 3.07 bits per heavy atom. The summed E-state index contributed by atoms with van der Waals surface area (Å²) < 4.78 is 5.33. The number of carbonyl (C=O) groups is 1. The highest BCUT2D eigenvalue weighted by atomic mass is 16.3. The number of pyridine rings is 1. The molecule has 1 aliphatic rings. The molecule has 0 radical (unpaired) electrons. The summed E-state index contributed by atoms with van der Waals surface area (Å²) in [6.07, 6.45) is 12.6. The third-order valence-corrected chi connectivity index (χ3v) is 5.41. The van der Waals surface area contributed by atoms with E-state index in [-0.39, 0.29) is 5.91 Å². The van der Waals surface area contributed by atoms with Crippen LogP contribution in [-0.2, 0) is 11.2 Å². The molecule has 0 aliphatic carbocycles. The summed E-state index contributed by atoms with van der Waals surface area (Å²) in [5, 5.41) is 0. The number of aromatic nitrogens is 1. The van der Waals surface area contributed by atoms with E-state index in [0.717, 1.165) is 50.5 Å². The molecule has 2 aromatic rings. The van der Waals surface area contributed by atoms with Gasteiger partial charge in [0.2, 0.25) is 5.91 Å². The molecule has 3 heterocycles. The van der Waals surface area contributed by atoms with Crippen molar-refractivity contribution in [3.05, 3.63) is 60.3 Å². The number of piperidine rings is 1. The van der Waals surface area contributed by atoms with Crippen LogP contribution in [0.4, 0.5) is 0 Å². The number of carbonyl (C=O) groups excluding carboxylic acids is 1. The van der Waals surface area contributed by atoms with Gasteiger partial charge in [-0.25, -0.2) is 0 Å². The highest BCUT2D eigenvalue weighted by Crippen LogP contribution is 2.21. The zero-order valence-corrected chi connectivity index (χ0v) is 16.8. The number of furan rings is 1. The standard InChI is InChI=1S/C23H31N3O2/c1-25(17-13-21-8-2-3-14-24-21)23(27)12-11-20-7-4-15-26(19-20)16-5-9-22-10-6-18-28-22/h2-3,5-6,8-10,14,18,20H,4,7,11-13,15-17,19H2,1H3. The summed E-state index contributed by atoms with van der Waals surface area (Å²) in [4.78, 5) is 21.1. The highest BCUT2D eigenvalue weighted by molar-refractivity contribution is 5.75. The van der Waals surface area contributed by atoms with E-state index in [2.05, 4.69) is 16.0 Å². The predicted octanol–water partition coefficient (Wildman–Crippen LogP) is 3.88. The zero-order valence-electron chi connectivity index (χ0n) is 16.8. The molecule has 0 aromatic carbocycles. The molecule has 5 heteroatoms. The van der Waals surface area contributed by atoms with Gasteiger partial charge in [0, 0.05) is 51.4 Å². The first-order valence-corrected chi connectivity index (χ1v) is 10.3. The van der Waals surface area contributed by atoms with Gasteiger partial charge in [-0.1, -0.05) is 12.1 Å². The highest BCUT2D eigenvalue weighted by Gasteiger charge is 2.20. The van der Waals surface area contributed by atoms with Gasteiger partial charge >= 0.3 is 0 Å². The van der Waals surface area contributed by atoms with E-state index >= 15 is 0 Å². The van der Waals surface area contributed by atoms with E-state index in [9.17, 15) is 4.79 Å². The monoisotopic (exact) mass is 381 g/mol. The molecular formula is C23H31N3O2. The van der Waals surface area contributed by atoms with Crippen molar-refractivity contribution in [2.45, 2.75) is 32.1 Å². The third kappa shape index (κ3) is 6.64. The van der Waals surface area contributed by atoms with Crippen LogP contribution < -0.4 is 0 Å². The van der Waals surface area contributed by atoms with Crippen LogP contribution in [0.25, 0.3) is 6.08 Å². The molecule has 1 saturated heterocycles. The Labute approximate surface area is 168 Å². The zero-order chi connectivity index (χ0) is 19.6. The molecule has 0 spiro atoms. The smallest absolute Gasteiger partial charge is 0.222 e. The first kappa shape index (κ1) is 20.3. The molecule has 2 aromatic heterocycles. The van der Waals surface area contributed by atoms with Crippen LogP contribution in [0.1, 0.15) is 37.1 Å². The maximum Gasteiger partial charge on any atom is 0.222 e. The van der Waals surface area contributed by atoms with Crippen molar-refractivity contribution in [3.63, 3.8) is 0 Å². The van der Waals surface area contributed by atoms with E-state index in [0.29, 0.717) is 12.3 Å². The second-order valence-corrected chi connectivity index (χ2v) is 7.61. The topological polar surface area (TPSA) is 49.6 Å². The Hall–Kier alpha value is -2.40. The number of nitrogens with zero attached hydrogens (tertiary/aromatic N) is 3. The molecule has 3 rings (SSSR count). The fraction of sp³-hybridized carbons (Fsp3) is 0.478. The Morgan fingerprint density at radius 2 is 2.29 bits per heavy atom. The molecule has 1 fully saturated rings. The third-order valence-electron chi connectivity index (χ3n) is 5.41. The summed E-state index contributed by atoms with van der Waals surface area (Å²) >= 11 is 0. The predicted molar refractivity (Wildman–Crippen MR) is 112 cm³/mol. The molecule has 1 unspecified atom stereocenters. The fourth-order valence-corrected chi connectivity index (χ4v) is 3.73. The number of hydrogen-bond acceptors (Lipinski definition) is 4. The largest absolute Gasteiger partial charge is 0.465 e. The maximum absolute atomic E-state index is 12.5. The van der Waals surface area contributed by atoms with Crippen LogP contribution >= 0.6 is 0 Å². The van der Waals surface area contributed by atoms with Crippen molar-refractivity contribution in [2.75, 3.05) is 33.2 Å². The number of likely N-dealkylation sites (N-methyl/N-ethyl adjacent to an activating group) is 1. The Morgan fingerprint density at radius 1 is 1.36 bits per heavy atom. The summed E-state index contributed by atoms with van der Waals surface area (Å²) in [5.74, 6) is 1.75. The molecule has 0 saturated carbocycles. The number of likely N-dealkylation sites (tertiary alicyclic amines) is 1. The van der Waals surface area contributed by atoms with Gasteiger partial charge in [0.1, 0.15) is 5.76 Å². The van der Waals surface area contributed by atoms with Crippen LogP contribution in [0, 0.1) is 5.92 Å². The van der Waals surface area contributed by atoms with Gasteiger partial charge in [-0.05, 0) is 62.1 Å². The maximum atomic E-state index is 12.5. The first-order valence-electron chi connectivity index (χ1n) is 10.3. The Bertz CT molecular complexity index is 728. The summed E-state index contributed by atoms with van der Waals surface area (Å²) in [6.45, 7) is 3.88. The Kier molecular flexibility index (Phi) is 7.85. The number of amides is 1. The van der Waals surface area contributed by atoms with E-state index in [1.54, 1.807) is 12.5 Å². The molecule has 28 heavy (non-hydrogen) atoms. The van der Waals surface area contributed by atoms with Crippen LogP contribution in [0.3, 0.4) is 0 Å². The normalized spacial score (nSPS) is 17.8. The number of rotatable bonds is 9. The lowest BCUT2D eigenvalue weighted by atomic mass is 9.93. The van der Waals surface area contributed by atoms with Gasteiger partial charge < -0.3 is 9.32 Å². The molecule has 5 nitrogen and oxygen atoms in total. The van der Waals surface area contributed by atoms with Crippen molar-refractivity contribution in [1.29, 1.82) is 0 Å². The summed E-state index contributed by atoms with van der Waals surface area (Å²) in [7, 11) is 1.90.